The molecule has 0 radical (unpaired) electrons. The average molecular weight is 266 g/mol. The normalized spacial score (nSPS) is 17.5. The minimum atomic E-state index is -1.48. The lowest BCUT2D eigenvalue weighted by Crippen LogP contribution is -2.32. The summed E-state index contributed by atoms with van der Waals surface area (Å²) in [6.07, 6.45) is 0.351. The fraction of sp³-hybridized carbons (Fsp3) is 0.385. The molecule has 2 rings (SSSR count). The van der Waals surface area contributed by atoms with E-state index in [0.29, 0.717) is 30.1 Å². The summed E-state index contributed by atoms with van der Waals surface area (Å²) in [6, 6.07) is 5.00. The van der Waals surface area contributed by atoms with Crippen molar-refractivity contribution < 1.29 is 29.3 Å². The first-order chi connectivity index (χ1) is 9.04. The van der Waals surface area contributed by atoms with E-state index < -0.39 is 23.8 Å². The second-order valence-corrected chi connectivity index (χ2v) is 4.30. The second-order valence-electron chi connectivity index (χ2n) is 4.30. The molecule has 0 fully saturated rings. The average Bonchev–Trinajstić information content (AvgIpc) is 2.37. The Kier molecular flexibility index (Phi) is 3.59. The minimum absolute atomic E-state index is 0.307. The van der Waals surface area contributed by atoms with Crippen LogP contribution in [-0.4, -0.2) is 35.9 Å². The summed E-state index contributed by atoms with van der Waals surface area (Å²) in [5, 5.41) is 18.2. The smallest absolute Gasteiger partial charge is 0.318 e. The number of fused-ring (bicyclic) bond motifs is 1. The number of rotatable bonds is 4. The molecule has 0 bridgehead atoms. The van der Waals surface area contributed by atoms with Crippen molar-refractivity contribution >= 4 is 11.9 Å². The number of carboxylic acids is 2. The lowest BCUT2D eigenvalue weighted by atomic mass is 9.82. The summed E-state index contributed by atoms with van der Waals surface area (Å²) in [5.41, 5.74) is 0.570. The maximum absolute atomic E-state index is 11.2. The van der Waals surface area contributed by atoms with Gasteiger partial charge in [0.1, 0.15) is 11.5 Å². The van der Waals surface area contributed by atoms with Crippen molar-refractivity contribution in [2.24, 2.45) is 5.92 Å². The van der Waals surface area contributed by atoms with Gasteiger partial charge in [0.2, 0.25) is 0 Å². The predicted molar refractivity (Wildman–Crippen MR) is 64.6 cm³/mol. The maximum Gasteiger partial charge on any atom is 0.318 e. The fourth-order valence-electron chi connectivity index (χ4n) is 2.32. The third kappa shape index (κ3) is 2.47. The molecule has 6 heteroatoms. The van der Waals surface area contributed by atoms with Gasteiger partial charge in [0.25, 0.3) is 0 Å². The van der Waals surface area contributed by atoms with E-state index >= 15 is 0 Å². The molecular formula is C13H14O6. The molecule has 0 saturated heterocycles. The highest BCUT2D eigenvalue weighted by Crippen LogP contribution is 2.40. The van der Waals surface area contributed by atoms with Gasteiger partial charge in [0.05, 0.1) is 13.7 Å². The van der Waals surface area contributed by atoms with Crippen LogP contribution in [0.4, 0.5) is 0 Å². The number of benzene rings is 1. The fourth-order valence-corrected chi connectivity index (χ4v) is 2.32. The Morgan fingerprint density at radius 3 is 2.63 bits per heavy atom. The molecule has 1 aliphatic heterocycles. The lowest BCUT2D eigenvalue weighted by Gasteiger charge is -2.28. The van der Waals surface area contributed by atoms with E-state index in [0.717, 1.165) is 0 Å². The summed E-state index contributed by atoms with van der Waals surface area (Å²) in [4.78, 5) is 22.3. The molecule has 1 aliphatic rings. The van der Waals surface area contributed by atoms with E-state index in [9.17, 15) is 9.59 Å². The van der Waals surface area contributed by atoms with Gasteiger partial charge in [-0.3, -0.25) is 9.59 Å². The standard InChI is InChI=1S/C13H14O6/c1-18-7-2-3-10-9(6-7)8(4-5-19-10)11(12(14)15)13(16)17/h2-3,6,8,11H,4-5H2,1H3,(H,14,15)(H,16,17). The summed E-state index contributed by atoms with van der Waals surface area (Å²) < 4.78 is 10.5. The van der Waals surface area contributed by atoms with Gasteiger partial charge in [-0.1, -0.05) is 0 Å². The van der Waals surface area contributed by atoms with Crippen LogP contribution in [0.15, 0.2) is 18.2 Å². The van der Waals surface area contributed by atoms with Crippen LogP contribution >= 0.6 is 0 Å². The molecule has 0 aromatic heterocycles. The number of hydrogen-bond donors (Lipinski definition) is 2. The molecule has 102 valence electrons. The molecule has 0 saturated carbocycles. The monoisotopic (exact) mass is 266 g/mol. The Hall–Kier alpha value is -2.24. The van der Waals surface area contributed by atoms with Crippen molar-refractivity contribution in [1.82, 2.24) is 0 Å². The van der Waals surface area contributed by atoms with Gasteiger partial charge in [-0.05, 0) is 24.6 Å². The van der Waals surface area contributed by atoms with Crippen LogP contribution in [0, 0.1) is 5.92 Å². The molecule has 0 spiro atoms. The molecule has 19 heavy (non-hydrogen) atoms. The van der Waals surface area contributed by atoms with Crippen LogP contribution < -0.4 is 9.47 Å². The van der Waals surface area contributed by atoms with E-state index in [1.807, 2.05) is 0 Å². The van der Waals surface area contributed by atoms with Gasteiger partial charge in [-0.25, -0.2) is 0 Å². The summed E-state index contributed by atoms with van der Waals surface area (Å²) in [7, 11) is 1.49. The highest BCUT2D eigenvalue weighted by molar-refractivity contribution is 5.94. The van der Waals surface area contributed by atoms with Crippen LogP contribution in [0.3, 0.4) is 0 Å². The third-order valence-electron chi connectivity index (χ3n) is 3.24. The number of ether oxygens (including phenoxy) is 2. The predicted octanol–water partition coefficient (Wildman–Crippen LogP) is 1.35. The Labute approximate surface area is 109 Å². The molecule has 1 aromatic rings. The van der Waals surface area contributed by atoms with Gasteiger partial charge >= 0.3 is 11.9 Å². The largest absolute Gasteiger partial charge is 0.497 e. The van der Waals surface area contributed by atoms with Crippen molar-refractivity contribution in [3.8, 4) is 11.5 Å². The topological polar surface area (TPSA) is 93.1 Å². The summed E-state index contributed by atoms with van der Waals surface area (Å²) >= 11 is 0. The second kappa shape index (κ2) is 5.17. The minimum Gasteiger partial charge on any atom is -0.497 e. The first-order valence-corrected chi connectivity index (χ1v) is 5.81. The van der Waals surface area contributed by atoms with Crippen LogP contribution in [0.2, 0.25) is 0 Å². The van der Waals surface area contributed by atoms with Crippen molar-refractivity contribution in [3.63, 3.8) is 0 Å². The zero-order valence-electron chi connectivity index (χ0n) is 10.3. The SMILES string of the molecule is COc1ccc2c(c1)C(C(C(=O)O)C(=O)O)CCO2. The van der Waals surface area contributed by atoms with Gasteiger partial charge in [-0.2, -0.15) is 0 Å². The molecule has 1 unspecified atom stereocenters. The molecule has 0 amide bonds. The van der Waals surface area contributed by atoms with Gasteiger partial charge in [-0.15, -0.1) is 0 Å². The van der Waals surface area contributed by atoms with E-state index in [4.69, 9.17) is 19.7 Å². The number of methoxy groups -OCH3 is 1. The molecular weight excluding hydrogens is 252 g/mol. The number of aliphatic carboxylic acids is 2. The zero-order chi connectivity index (χ0) is 14.0. The van der Waals surface area contributed by atoms with Crippen LogP contribution in [0.5, 0.6) is 11.5 Å². The van der Waals surface area contributed by atoms with E-state index in [1.54, 1.807) is 18.2 Å². The molecule has 1 aromatic carbocycles. The quantitative estimate of drug-likeness (QED) is 0.799. The molecule has 2 N–H and O–H groups in total. The van der Waals surface area contributed by atoms with E-state index in [-0.39, 0.29) is 0 Å². The van der Waals surface area contributed by atoms with Gasteiger partial charge in [0, 0.05) is 11.5 Å². The Bertz CT molecular complexity index is 496. The van der Waals surface area contributed by atoms with Crippen molar-refractivity contribution in [1.29, 1.82) is 0 Å². The molecule has 6 nitrogen and oxygen atoms in total. The first-order valence-electron chi connectivity index (χ1n) is 5.81. The van der Waals surface area contributed by atoms with Gasteiger partial charge < -0.3 is 19.7 Å². The third-order valence-corrected chi connectivity index (χ3v) is 3.24. The highest BCUT2D eigenvalue weighted by Gasteiger charge is 2.39. The molecule has 1 atom stereocenters. The van der Waals surface area contributed by atoms with Gasteiger partial charge in [0.15, 0.2) is 5.92 Å². The van der Waals surface area contributed by atoms with Crippen molar-refractivity contribution in [3.05, 3.63) is 23.8 Å². The number of carbonyl (C=O) groups is 2. The zero-order valence-corrected chi connectivity index (χ0v) is 10.3. The molecule has 0 aliphatic carbocycles. The van der Waals surface area contributed by atoms with E-state index in [1.165, 1.54) is 7.11 Å². The summed E-state index contributed by atoms with van der Waals surface area (Å²) in [5.74, 6) is -3.71. The van der Waals surface area contributed by atoms with E-state index in [2.05, 4.69) is 0 Å². The first kappa shape index (κ1) is 13.2. The highest BCUT2D eigenvalue weighted by atomic mass is 16.5. The number of hydrogen-bond acceptors (Lipinski definition) is 4. The summed E-state index contributed by atoms with van der Waals surface area (Å²) in [6.45, 7) is 0.307. The van der Waals surface area contributed by atoms with Crippen LogP contribution in [0.1, 0.15) is 17.9 Å². The lowest BCUT2D eigenvalue weighted by molar-refractivity contribution is -0.156. The van der Waals surface area contributed by atoms with Crippen LogP contribution in [0.25, 0.3) is 0 Å². The van der Waals surface area contributed by atoms with Crippen molar-refractivity contribution in [2.75, 3.05) is 13.7 Å². The Morgan fingerprint density at radius 1 is 1.37 bits per heavy atom. The van der Waals surface area contributed by atoms with Crippen molar-refractivity contribution in [2.45, 2.75) is 12.3 Å². The maximum atomic E-state index is 11.2. The molecule has 1 heterocycles. The Balaban J connectivity index is 2.45. The van der Waals surface area contributed by atoms with Crippen LogP contribution in [-0.2, 0) is 9.59 Å². The Morgan fingerprint density at radius 2 is 2.05 bits per heavy atom. The number of carboxylic acid groups (broad SMARTS) is 2.